The van der Waals surface area contributed by atoms with Gasteiger partial charge in [-0.25, -0.2) is 0 Å². The first kappa shape index (κ1) is 16.8. The van der Waals surface area contributed by atoms with E-state index in [1.165, 1.54) is 12.8 Å². The molecule has 2 amide bonds. The van der Waals surface area contributed by atoms with Gasteiger partial charge in [-0.2, -0.15) is 5.10 Å². The lowest BCUT2D eigenvalue weighted by Crippen LogP contribution is -2.45. The molecule has 1 unspecified atom stereocenters. The van der Waals surface area contributed by atoms with Crippen molar-refractivity contribution < 1.29 is 9.59 Å². The zero-order valence-electron chi connectivity index (χ0n) is 12.6. The highest BCUT2D eigenvalue weighted by atomic mass is 35.5. The molecule has 2 fully saturated rings. The molecule has 8 heteroatoms. The van der Waals surface area contributed by atoms with Crippen molar-refractivity contribution in [3.63, 3.8) is 0 Å². The first-order valence-electron chi connectivity index (χ1n) is 7.43. The minimum Gasteiger partial charge on any atom is -0.343 e. The highest BCUT2D eigenvalue weighted by Gasteiger charge is 2.34. The zero-order valence-corrected chi connectivity index (χ0v) is 13.4. The summed E-state index contributed by atoms with van der Waals surface area (Å²) in [4.78, 5) is 25.8. The maximum absolute atomic E-state index is 12.3. The third-order valence-corrected chi connectivity index (χ3v) is 3.96. The molecule has 1 aromatic heterocycles. The fraction of sp³-hybridized carbons (Fsp3) is 0.643. The fourth-order valence-corrected chi connectivity index (χ4v) is 2.58. The second-order valence-corrected chi connectivity index (χ2v) is 5.85. The van der Waals surface area contributed by atoms with Crippen molar-refractivity contribution >= 4 is 29.9 Å². The molecule has 1 aliphatic carbocycles. The van der Waals surface area contributed by atoms with Crippen LogP contribution in [0, 0.1) is 5.92 Å². The van der Waals surface area contributed by atoms with E-state index in [4.69, 9.17) is 0 Å². The predicted molar refractivity (Wildman–Crippen MR) is 85.0 cm³/mol. The van der Waals surface area contributed by atoms with Crippen LogP contribution < -0.4 is 15.5 Å². The van der Waals surface area contributed by atoms with Gasteiger partial charge in [0.2, 0.25) is 11.8 Å². The van der Waals surface area contributed by atoms with Crippen LogP contribution >= 0.6 is 12.4 Å². The second kappa shape index (κ2) is 7.11. The van der Waals surface area contributed by atoms with E-state index in [0.29, 0.717) is 13.0 Å². The third kappa shape index (κ3) is 3.98. The molecule has 1 aliphatic heterocycles. The Balaban J connectivity index is 0.00000176. The van der Waals surface area contributed by atoms with Crippen LogP contribution in [0.15, 0.2) is 12.4 Å². The van der Waals surface area contributed by atoms with Crippen LogP contribution in [0.3, 0.4) is 0 Å². The topological polar surface area (TPSA) is 79.3 Å². The van der Waals surface area contributed by atoms with Crippen molar-refractivity contribution in [3.05, 3.63) is 12.4 Å². The maximum atomic E-state index is 12.3. The number of carbonyl (C=O) groups is 2. The Labute approximate surface area is 135 Å². The van der Waals surface area contributed by atoms with Crippen molar-refractivity contribution in [2.24, 2.45) is 13.0 Å². The van der Waals surface area contributed by atoms with Crippen LogP contribution in [0.5, 0.6) is 0 Å². The Morgan fingerprint density at radius 2 is 2.18 bits per heavy atom. The molecule has 1 atom stereocenters. The van der Waals surface area contributed by atoms with Gasteiger partial charge in [-0.3, -0.25) is 14.3 Å². The molecule has 1 aromatic rings. The summed E-state index contributed by atoms with van der Waals surface area (Å²) in [6, 6.07) is -0.416. The van der Waals surface area contributed by atoms with Crippen molar-refractivity contribution in [1.29, 1.82) is 0 Å². The number of carbonyl (C=O) groups excluding carboxylic acids is 2. The number of nitrogens with zero attached hydrogens (tertiary/aromatic N) is 3. The van der Waals surface area contributed by atoms with Crippen LogP contribution in [0.1, 0.15) is 19.3 Å². The summed E-state index contributed by atoms with van der Waals surface area (Å²) in [6.07, 6.45) is 6.63. The molecule has 2 heterocycles. The van der Waals surface area contributed by atoms with E-state index >= 15 is 0 Å². The van der Waals surface area contributed by atoms with Gasteiger partial charge in [0, 0.05) is 19.8 Å². The molecule has 0 aromatic carbocycles. The molecule has 2 aliphatic rings. The second-order valence-electron chi connectivity index (χ2n) is 5.85. The average Bonchev–Trinajstić information content (AvgIpc) is 3.07. The molecule has 3 rings (SSSR count). The summed E-state index contributed by atoms with van der Waals surface area (Å²) < 4.78 is 1.66. The van der Waals surface area contributed by atoms with E-state index in [1.54, 1.807) is 22.0 Å². The number of hydrogen-bond donors (Lipinski definition) is 2. The van der Waals surface area contributed by atoms with Crippen LogP contribution in [0.4, 0.5) is 5.69 Å². The lowest BCUT2D eigenvalue weighted by molar-refractivity contribution is -0.125. The zero-order chi connectivity index (χ0) is 14.8. The van der Waals surface area contributed by atoms with E-state index in [0.717, 1.165) is 18.2 Å². The molecule has 2 N–H and O–H groups in total. The van der Waals surface area contributed by atoms with Crippen molar-refractivity contribution in [2.75, 3.05) is 24.5 Å². The molecule has 1 saturated heterocycles. The molecule has 122 valence electrons. The fourth-order valence-electron chi connectivity index (χ4n) is 2.58. The smallest absolute Gasteiger partial charge is 0.249 e. The summed E-state index contributed by atoms with van der Waals surface area (Å²) in [7, 11) is 1.81. The molecular formula is C14H22ClN5O2. The number of halogens is 1. The van der Waals surface area contributed by atoms with E-state index in [9.17, 15) is 9.59 Å². The van der Waals surface area contributed by atoms with Gasteiger partial charge in [0.15, 0.2) is 0 Å². The number of hydrogen-bond acceptors (Lipinski definition) is 4. The highest BCUT2D eigenvalue weighted by molar-refractivity contribution is 6.01. The van der Waals surface area contributed by atoms with Gasteiger partial charge in [0.25, 0.3) is 0 Å². The van der Waals surface area contributed by atoms with Gasteiger partial charge < -0.3 is 15.5 Å². The van der Waals surface area contributed by atoms with E-state index in [1.807, 2.05) is 7.05 Å². The van der Waals surface area contributed by atoms with E-state index in [2.05, 4.69) is 15.7 Å². The SMILES string of the molecule is Cl.Cn1cc(N2CCC(NC(=O)CNCC3CC3)C2=O)cn1. The van der Waals surface area contributed by atoms with Gasteiger partial charge in [-0.1, -0.05) is 0 Å². The Hall–Kier alpha value is -1.60. The van der Waals surface area contributed by atoms with E-state index in [-0.39, 0.29) is 30.8 Å². The van der Waals surface area contributed by atoms with Gasteiger partial charge in [-0.05, 0) is 31.7 Å². The van der Waals surface area contributed by atoms with Gasteiger partial charge in [0.1, 0.15) is 6.04 Å². The molecule has 0 bridgehead atoms. The Morgan fingerprint density at radius 1 is 1.41 bits per heavy atom. The molecule has 7 nitrogen and oxygen atoms in total. The summed E-state index contributed by atoms with van der Waals surface area (Å²) >= 11 is 0. The number of rotatable bonds is 6. The van der Waals surface area contributed by atoms with Crippen molar-refractivity contribution in [3.8, 4) is 0 Å². The lowest BCUT2D eigenvalue weighted by Gasteiger charge is -2.15. The number of aromatic nitrogens is 2. The first-order valence-corrected chi connectivity index (χ1v) is 7.43. The lowest BCUT2D eigenvalue weighted by atomic mass is 10.2. The van der Waals surface area contributed by atoms with Crippen LogP contribution in [-0.4, -0.2) is 47.3 Å². The van der Waals surface area contributed by atoms with E-state index < -0.39 is 6.04 Å². The predicted octanol–water partition coefficient (Wildman–Crippen LogP) is 0.0630. The minimum absolute atomic E-state index is 0. The normalized spacial score (nSPS) is 20.9. The number of anilines is 1. The number of aryl methyl sites for hydroxylation is 1. The van der Waals surface area contributed by atoms with Crippen LogP contribution in [0.25, 0.3) is 0 Å². The molecule has 1 saturated carbocycles. The Bertz CT molecular complexity index is 543. The van der Waals surface area contributed by atoms with Crippen molar-refractivity contribution in [2.45, 2.75) is 25.3 Å². The number of amides is 2. The van der Waals surface area contributed by atoms with Gasteiger partial charge in [0.05, 0.1) is 18.4 Å². The Morgan fingerprint density at radius 3 is 2.82 bits per heavy atom. The molecular weight excluding hydrogens is 306 g/mol. The quantitative estimate of drug-likeness (QED) is 0.774. The van der Waals surface area contributed by atoms with Crippen LogP contribution in [0.2, 0.25) is 0 Å². The number of nitrogens with one attached hydrogen (secondary N) is 2. The maximum Gasteiger partial charge on any atom is 0.249 e. The summed E-state index contributed by atoms with van der Waals surface area (Å²) in [6.45, 7) is 1.80. The van der Waals surface area contributed by atoms with Gasteiger partial charge in [-0.15, -0.1) is 12.4 Å². The van der Waals surface area contributed by atoms with Crippen LogP contribution in [-0.2, 0) is 16.6 Å². The largest absolute Gasteiger partial charge is 0.343 e. The van der Waals surface area contributed by atoms with Gasteiger partial charge >= 0.3 is 0 Å². The minimum atomic E-state index is -0.416. The monoisotopic (exact) mass is 327 g/mol. The Kier molecular flexibility index (Phi) is 5.42. The highest BCUT2D eigenvalue weighted by Crippen LogP contribution is 2.27. The average molecular weight is 328 g/mol. The summed E-state index contributed by atoms with van der Waals surface area (Å²) in [5.74, 6) is 0.576. The molecule has 22 heavy (non-hydrogen) atoms. The molecule has 0 spiro atoms. The summed E-state index contributed by atoms with van der Waals surface area (Å²) in [5.41, 5.74) is 0.783. The summed E-state index contributed by atoms with van der Waals surface area (Å²) in [5, 5.41) is 10.0. The molecule has 0 radical (unpaired) electrons. The first-order chi connectivity index (χ1) is 10.1. The standard InChI is InChI=1S/C14H21N5O2.ClH/c1-18-9-11(7-16-18)19-5-4-12(14(19)21)17-13(20)8-15-6-10-2-3-10;/h7,9-10,12,15H,2-6,8H2,1H3,(H,17,20);1H. The van der Waals surface area contributed by atoms with Crippen molar-refractivity contribution in [1.82, 2.24) is 20.4 Å². The third-order valence-electron chi connectivity index (χ3n) is 3.96.